The van der Waals surface area contributed by atoms with Gasteiger partial charge in [-0.25, -0.2) is 4.68 Å². The third-order valence-electron chi connectivity index (χ3n) is 3.20. The summed E-state index contributed by atoms with van der Waals surface area (Å²) in [7, 11) is 0. The van der Waals surface area contributed by atoms with E-state index in [1.807, 2.05) is 0 Å². The Hall–Kier alpha value is -2.17. The first kappa shape index (κ1) is 20.1. The number of carbonyl (C=O) groups excluding carboxylic acids is 1. The second-order valence-corrected chi connectivity index (χ2v) is 6.39. The number of nitrogens with one attached hydrogen (secondary N) is 1. The minimum Gasteiger partial charge on any atom is -0.323 e. The Kier molecular flexibility index (Phi) is 5.59. The van der Waals surface area contributed by atoms with Crippen LogP contribution in [0.15, 0.2) is 24.3 Å². The quantitative estimate of drug-likeness (QED) is 0.761. The fraction of sp³-hybridized carbons (Fsp3) is 0.333. The predicted molar refractivity (Wildman–Crippen MR) is 85.2 cm³/mol. The number of nitrogens with zero attached hydrogens (tertiary/aromatic N) is 2. The molecule has 26 heavy (non-hydrogen) atoms. The maximum Gasteiger partial charge on any atom is 0.442 e. The van der Waals surface area contributed by atoms with E-state index < -0.39 is 40.7 Å². The summed E-state index contributed by atoms with van der Waals surface area (Å²) in [5.41, 5.74) is -4.65. The van der Waals surface area contributed by atoms with Gasteiger partial charge in [0, 0.05) is 5.69 Å². The summed E-state index contributed by atoms with van der Waals surface area (Å²) in [5.74, 6) is -2.05. The van der Waals surface area contributed by atoms with Crippen molar-refractivity contribution >= 4 is 23.4 Å². The van der Waals surface area contributed by atoms with Gasteiger partial charge in [-0.2, -0.15) is 31.4 Å². The molecule has 2 rings (SSSR count). The van der Waals surface area contributed by atoms with Crippen molar-refractivity contribution in [3.8, 4) is 5.69 Å². The summed E-state index contributed by atoms with van der Waals surface area (Å²) >= 11 is -0.577. The molecule has 2 aromatic rings. The van der Waals surface area contributed by atoms with Crippen molar-refractivity contribution in [2.45, 2.75) is 25.5 Å². The van der Waals surface area contributed by atoms with E-state index in [9.17, 15) is 31.1 Å². The number of aryl methyl sites for hydroxylation is 2. The van der Waals surface area contributed by atoms with E-state index in [0.717, 1.165) is 12.1 Å². The summed E-state index contributed by atoms with van der Waals surface area (Å²) < 4.78 is 76.7. The normalized spacial score (nSPS) is 12.3. The first-order valence-electron chi connectivity index (χ1n) is 7.12. The van der Waals surface area contributed by atoms with Crippen molar-refractivity contribution in [1.29, 1.82) is 0 Å². The molecule has 0 aliphatic rings. The minimum absolute atomic E-state index is 0.119. The number of halogens is 6. The van der Waals surface area contributed by atoms with E-state index in [0.29, 0.717) is 17.5 Å². The standard InChI is InChI=1S/C15H13F6N3OS/c1-8-5-9(2)24(23-8)12-4-3-10(14(16,17)18)6-11(12)22-13(25)7-26-15(19,20)21/h3-6H,7H2,1-2H3,(H,22,25). The number of thioether (sulfide) groups is 1. The number of carbonyl (C=O) groups is 1. The van der Waals surface area contributed by atoms with Crippen LogP contribution < -0.4 is 5.32 Å². The molecule has 142 valence electrons. The number of amides is 1. The van der Waals surface area contributed by atoms with Crippen molar-refractivity contribution < 1.29 is 31.1 Å². The van der Waals surface area contributed by atoms with Gasteiger partial charge in [0.2, 0.25) is 5.91 Å². The van der Waals surface area contributed by atoms with Crippen LogP contribution in [-0.2, 0) is 11.0 Å². The molecule has 0 aliphatic carbocycles. The molecule has 1 heterocycles. The number of aromatic nitrogens is 2. The molecule has 0 bridgehead atoms. The monoisotopic (exact) mass is 397 g/mol. The third-order valence-corrected chi connectivity index (χ3v) is 3.94. The summed E-state index contributed by atoms with van der Waals surface area (Å²) in [5, 5.41) is 6.23. The van der Waals surface area contributed by atoms with Gasteiger partial charge in [-0.05, 0) is 49.9 Å². The second kappa shape index (κ2) is 7.22. The van der Waals surface area contributed by atoms with Gasteiger partial charge in [-0.15, -0.1) is 0 Å². The Morgan fingerprint density at radius 1 is 1.15 bits per heavy atom. The van der Waals surface area contributed by atoms with Crippen LogP contribution >= 0.6 is 11.8 Å². The Balaban J connectivity index is 2.40. The van der Waals surface area contributed by atoms with Crippen molar-refractivity contribution in [2.24, 2.45) is 0 Å². The molecule has 0 saturated heterocycles. The van der Waals surface area contributed by atoms with E-state index in [2.05, 4.69) is 10.4 Å². The molecule has 0 atom stereocenters. The van der Waals surface area contributed by atoms with Gasteiger partial charge in [0.15, 0.2) is 0 Å². The van der Waals surface area contributed by atoms with Gasteiger partial charge in [-0.3, -0.25) is 4.79 Å². The molecule has 4 nitrogen and oxygen atoms in total. The Morgan fingerprint density at radius 2 is 1.81 bits per heavy atom. The molecular weight excluding hydrogens is 384 g/mol. The Morgan fingerprint density at radius 3 is 2.31 bits per heavy atom. The van der Waals surface area contributed by atoms with Gasteiger partial charge in [-0.1, -0.05) is 0 Å². The van der Waals surface area contributed by atoms with Crippen LogP contribution in [0.5, 0.6) is 0 Å². The summed E-state index contributed by atoms with van der Waals surface area (Å²) in [6.45, 7) is 3.33. The maximum absolute atomic E-state index is 12.9. The zero-order valence-electron chi connectivity index (χ0n) is 13.5. The molecule has 1 N–H and O–H groups in total. The Labute approximate surface area is 148 Å². The molecule has 0 saturated carbocycles. The first-order chi connectivity index (χ1) is 11.9. The van der Waals surface area contributed by atoms with Crippen LogP contribution in [0, 0.1) is 13.8 Å². The zero-order chi connectivity index (χ0) is 19.7. The van der Waals surface area contributed by atoms with Crippen molar-refractivity contribution in [1.82, 2.24) is 9.78 Å². The van der Waals surface area contributed by atoms with Gasteiger partial charge >= 0.3 is 11.7 Å². The van der Waals surface area contributed by atoms with Gasteiger partial charge in [0.25, 0.3) is 0 Å². The number of hydrogen-bond donors (Lipinski definition) is 1. The molecule has 11 heteroatoms. The van der Waals surface area contributed by atoms with Crippen LogP contribution in [0.25, 0.3) is 5.69 Å². The molecule has 0 spiro atoms. The maximum atomic E-state index is 12.9. The highest BCUT2D eigenvalue weighted by Crippen LogP contribution is 2.34. The van der Waals surface area contributed by atoms with Gasteiger partial charge in [0.05, 0.1) is 28.4 Å². The number of hydrogen-bond acceptors (Lipinski definition) is 3. The second-order valence-electron chi connectivity index (χ2n) is 5.35. The van der Waals surface area contributed by atoms with Crippen LogP contribution in [0.1, 0.15) is 17.0 Å². The summed E-state index contributed by atoms with van der Waals surface area (Å²) in [4.78, 5) is 11.8. The molecule has 0 fully saturated rings. The number of rotatable bonds is 4. The van der Waals surface area contributed by atoms with E-state index in [4.69, 9.17) is 0 Å². The van der Waals surface area contributed by atoms with Crippen LogP contribution in [0.3, 0.4) is 0 Å². The molecule has 0 radical (unpaired) electrons. The van der Waals surface area contributed by atoms with Crippen molar-refractivity contribution in [3.05, 3.63) is 41.2 Å². The Bertz CT molecular complexity index is 813. The lowest BCUT2D eigenvalue weighted by Gasteiger charge is -2.16. The fourth-order valence-electron chi connectivity index (χ4n) is 2.20. The molecule has 0 unspecified atom stereocenters. The topological polar surface area (TPSA) is 46.9 Å². The van der Waals surface area contributed by atoms with E-state index in [1.165, 1.54) is 4.68 Å². The zero-order valence-corrected chi connectivity index (χ0v) is 14.3. The van der Waals surface area contributed by atoms with Crippen LogP contribution in [-0.4, -0.2) is 26.9 Å². The number of benzene rings is 1. The number of anilines is 1. The SMILES string of the molecule is Cc1cc(C)n(-c2ccc(C(F)(F)F)cc2NC(=O)CSC(F)(F)F)n1. The molecule has 0 aliphatic heterocycles. The fourth-order valence-corrected chi connectivity index (χ4v) is 2.57. The highest BCUT2D eigenvalue weighted by Gasteiger charge is 2.32. The highest BCUT2D eigenvalue weighted by atomic mass is 32.2. The third kappa shape index (κ3) is 5.16. The number of alkyl halides is 6. The lowest BCUT2D eigenvalue weighted by atomic mass is 10.1. The molecule has 1 aromatic carbocycles. The summed E-state index contributed by atoms with van der Waals surface area (Å²) in [6, 6.07) is 4.26. The van der Waals surface area contributed by atoms with E-state index >= 15 is 0 Å². The average Bonchev–Trinajstić information content (AvgIpc) is 2.82. The van der Waals surface area contributed by atoms with Crippen molar-refractivity contribution in [2.75, 3.05) is 11.1 Å². The van der Waals surface area contributed by atoms with Gasteiger partial charge < -0.3 is 5.32 Å². The molecule has 1 aromatic heterocycles. The minimum atomic E-state index is -4.67. The smallest absolute Gasteiger partial charge is 0.323 e. The van der Waals surface area contributed by atoms with E-state index in [1.54, 1.807) is 19.9 Å². The first-order valence-corrected chi connectivity index (χ1v) is 8.11. The van der Waals surface area contributed by atoms with Crippen LogP contribution in [0.2, 0.25) is 0 Å². The average molecular weight is 397 g/mol. The largest absolute Gasteiger partial charge is 0.442 e. The van der Waals surface area contributed by atoms with Crippen LogP contribution in [0.4, 0.5) is 32.0 Å². The molecular formula is C15H13F6N3OS. The van der Waals surface area contributed by atoms with E-state index in [-0.39, 0.29) is 11.4 Å². The lowest BCUT2D eigenvalue weighted by Crippen LogP contribution is -2.19. The van der Waals surface area contributed by atoms with Gasteiger partial charge in [0.1, 0.15) is 0 Å². The summed E-state index contributed by atoms with van der Waals surface area (Å²) in [6.07, 6.45) is -4.67. The molecule has 1 amide bonds. The van der Waals surface area contributed by atoms with Crippen molar-refractivity contribution in [3.63, 3.8) is 0 Å². The lowest BCUT2D eigenvalue weighted by molar-refractivity contribution is -0.137. The highest BCUT2D eigenvalue weighted by molar-refractivity contribution is 8.00. The predicted octanol–water partition coefficient (Wildman–Crippen LogP) is 4.70.